The van der Waals surface area contributed by atoms with Crippen molar-refractivity contribution in [2.24, 2.45) is 0 Å². The van der Waals surface area contributed by atoms with E-state index in [4.69, 9.17) is 29.9 Å². The summed E-state index contributed by atoms with van der Waals surface area (Å²) in [6, 6.07) is 49.0. The fourth-order valence-corrected chi connectivity index (χ4v) is 7.16. The molecular weight excluding hydrogens is 721 g/mol. The van der Waals surface area contributed by atoms with E-state index in [0.717, 1.165) is 43.8 Å². The van der Waals surface area contributed by atoms with Gasteiger partial charge in [0.15, 0.2) is 34.9 Å². The lowest BCUT2D eigenvalue weighted by molar-refractivity contribution is -0.113. The van der Waals surface area contributed by atoms with Crippen LogP contribution in [0, 0.1) is 0 Å². The van der Waals surface area contributed by atoms with Crippen LogP contribution in [0.4, 0.5) is 0 Å². The van der Waals surface area contributed by atoms with Crippen LogP contribution in [0.5, 0.6) is 0 Å². The van der Waals surface area contributed by atoms with Gasteiger partial charge in [-0.1, -0.05) is 146 Å². The molecule has 5 heterocycles. The molecule has 0 atom stereocenters. The van der Waals surface area contributed by atoms with Gasteiger partial charge in [0.2, 0.25) is 0 Å². The first-order valence-electron chi connectivity index (χ1n) is 18.6. The highest BCUT2D eigenvalue weighted by Gasteiger charge is 2.21. The van der Waals surface area contributed by atoms with Gasteiger partial charge in [-0.3, -0.25) is 9.59 Å². The number of carbonyl (C=O) groups is 2. The van der Waals surface area contributed by atoms with Crippen molar-refractivity contribution >= 4 is 66.5 Å². The quantitative estimate of drug-likeness (QED) is 0.146. The summed E-state index contributed by atoms with van der Waals surface area (Å²) in [4.78, 5) is 57.3. The Hall–Kier alpha value is -8.24. The lowest BCUT2D eigenvalue weighted by Crippen LogP contribution is -1.97. The molecule has 0 unspecified atom stereocenters. The molecule has 3 aliphatic rings. The predicted octanol–water partition coefficient (Wildman–Crippen LogP) is 9.96. The van der Waals surface area contributed by atoms with E-state index in [9.17, 15) is 9.59 Å². The van der Waals surface area contributed by atoms with Crippen molar-refractivity contribution in [3.8, 4) is 45.6 Å². The molecule has 10 heteroatoms. The van der Waals surface area contributed by atoms with Crippen LogP contribution in [-0.2, 0) is 9.59 Å². The van der Waals surface area contributed by atoms with Crippen LogP contribution in [0.25, 0.3) is 100 Å². The normalized spacial score (nSPS) is 12.4. The van der Waals surface area contributed by atoms with Crippen molar-refractivity contribution in [3.63, 3.8) is 0 Å². The maximum absolute atomic E-state index is 10.3. The minimum absolute atomic E-state index is 0.121. The Labute approximate surface area is 330 Å². The molecule has 274 valence electrons. The first kappa shape index (κ1) is 34.3. The largest absolute Gasteiger partial charge is 0.324 e. The standard InChI is InChI=1S/C32H18N8.C10H8.C6H4O2/c1-2-10-18-17(9-1)25-33-26(18)38-28-21-13-5-6-14-22(21)30(35-28)40-32-24-16-8-7-15-23(24)31(36-32)39-29-20-12-4-3-11-19(20)27(34-29)37-25;1-2-6-10-8-4-3-7-9(10)5-1;7-5-1-2-6(8)4-3-5/h1-16H,(H2,33,34,35,36,37,38,39,40);1-8H;1-4H. The molecule has 0 saturated carbocycles. The second kappa shape index (κ2) is 14.4. The third-order valence-corrected chi connectivity index (χ3v) is 9.94. The van der Waals surface area contributed by atoms with E-state index < -0.39 is 0 Å². The van der Waals surface area contributed by atoms with Gasteiger partial charge in [-0.15, -0.1) is 0 Å². The zero-order valence-electron chi connectivity index (χ0n) is 30.7. The van der Waals surface area contributed by atoms with Crippen molar-refractivity contribution in [1.82, 2.24) is 39.9 Å². The number of fused-ring (bicyclic) bond motifs is 21. The Kier molecular flexibility index (Phi) is 8.53. The zero-order chi connectivity index (χ0) is 39.0. The smallest absolute Gasteiger partial charge is 0.178 e. The van der Waals surface area contributed by atoms with Gasteiger partial charge in [0.1, 0.15) is 22.6 Å². The summed E-state index contributed by atoms with van der Waals surface area (Å²) in [5.74, 6) is 2.15. The molecule has 6 aromatic carbocycles. The maximum atomic E-state index is 10.3. The number of aromatic nitrogens is 8. The molecule has 2 N–H and O–H groups in total. The van der Waals surface area contributed by atoms with Crippen molar-refractivity contribution in [2.75, 3.05) is 0 Å². The molecule has 2 aliphatic heterocycles. The van der Waals surface area contributed by atoms with Crippen molar-refractivity contribution < 1.29 is 9.59 Å². The summed E-state index contributed by atoms with van der Waals surface area (Å²) in [5.41, 5.74) is 6.45. The van der Waals surface area contributed by atoms with Crippen molar-refractivity contribution in [2.45, 2.75) is 0 Å². The van der Waals surface area contributed by atoms with Crippen LogP contribution in [0.1, 0.15) is 0 Å². The fourth-order valence-electron chi connectivity index (χ4n) is 7.16. The molecule has 0 saturated heterocycles. The Bertz CT molecular complexity index is 2940. The summed E-state index contributed by atoms with van der Waals surface area (Å²) < 4.78 is 0. The van der Waals surface area contributed by atoms with Gasteiger partial charge in [0.25, 0.3) is 0 Å². The molecule has 58 heavy (non-hydrogen) atoms. The number of nitrogens with zero attached hydrogens (tertiary/aromatic N) is 6. The van der Waals surface area contributed by atoms with Crippen molar-refractivity contribution in [1.29, 1.82) is 0 Å². The Morgan fingerprint density at radius 3 is 0.810 bits per heavy atom. The third kappa shape index (κ3) is 6.40. The summed E-state index contributed by atoms with van der Waals surface area (Å²) in [6.07, 6.45) is 5.01. The summed E-state index contributed by atoms with van der Waals surface area (Å²) in [5, 5.41) is 6.44. The van der Waals surface area contributed by atoms with Crippen LogP contribution in [0.15, 0.2) is 170 Å². The monoisotopic (exact) mass is 750 g/mol. The Balaban J connectivity index is 0.000000186. The topological polar surface area (TPSA) is 143 Å². The molecule has 1 aliphatic carbocycles. The second-order valence-electron chi connectivity index (χ2n) is 13.6. The van der Waals surface area contributed by atoms with E-state index >= 15 is 0 Å². The number of benzene rings is 6. The third-order valence-electron chi connectivity index (χ3n) is 9.94. The van der Waals surface area contributed by atoms with Crippen molar-refractivity contribution in [3.05, 3.63) is 170 Å². The van der Waals surface area contributed by atoms with E-state index in [1.54, 1.807) is 0 Å². The zero-order valence-corrected chi connectivity index (χ0v) is 30.7. The Morgan fingerprint density at radius 2 is 0.534 bits per heavy atom. The van der Waals surface area contributed by atoms with Gasteiger partial charge in [0, 0.05) is 43.8 Å². The average molecular weight is 751 g/mol. The average Bonchev–Trinajstić information content (AvgIpc) is 4.01. The van der Waals surface area contributed by atoms with Crippen LogP contribution in [0.2, 0.25) is 0 Å². The lowest BCUT2D eigenvalue weighted by Gasteiger charge is -1.96. The molecule has 8 bridgehead atoms. The number of nitrogens with one attached hydrogen (secondary N) is 2. The predicted molar refractivity (Wildman–Crippen MR) is 228 cm³/mol. The molecule has 0 fully saturated rings. The van der Waals surface area contributed by atoms with Gasteiger partial charge < -0.3 is 9.97 Å². The molecule has 12 rings (SSSR count). The maximum Gasteiger partial charge on any atom is 0.178 e. The van der Waals surface area contributed by atoms with Gasteiger partial charge in [-0.25, -0.2) is 29.9 Å². The van der Waals surface area contributed by atoms with Crippen LogP contribution in [-0.4, -0.2) is 51.4 Å². The SMILES string of the molecule is O=C1C=CC(=O)C=C1.c1ccc2c(c1)-c1nc-2nc2[nH]c(nc3nc(nc4[nH]c(n1)c1ccccc41)-c1ccccc1-3)c1ccccc21.c1ccc2ccccc2c1. The highest BCUT2D eigenvalue weighted by molar-refractivity contribution is 6.14. The number of hydrogen-bond acceptors (Lipinski definition) is 8. The lowest BCUT2D eigenvalue weighted by atomic mass is 10.1. The van der Waals surface area contributed by atoms with Gasteiger partial charge in [-0.2, -0.15) is 0 Å². The molecule has 0 radical (unpaired) electrons. The highest BCUT2D eigenvalue weighted by atomic mass is 16.1. The van der Waals surface area contributed by atoms with Crippen LogP contribution < -0.4 is 0 Å². The minimum Gasteiger partial charge on any atom is -0.324 e. The van der Waals surface area contributed by atoms with Crippen LogP contribution in [0.3, 0.4) is 0 Å². The molecular formula is C48H30N8O2. The molecule has 0 amide bonds. The van der Waals surface area contributed by atoms with Gasteiger partial charge in [-0.05, 0) is 35.1 Å². The van der Waals surface area contributed by atoms with E-state index in [0.29, 0.717) is 45.9 Å². The van der Waals surface area contributed by atoms with E-state index in [-0.39, 0.29) is 11.6 Å². The van der Waals surface area contributed by atoms with E-state index in [2.05, 4.69) is 58.5 Å². The number of aromatic amines is 2. The molecule has 0 spiro atoms. The molecule has 3 aromatic heterocycles. The second-order valence-corrected chi connectivity index (χ2v) is 13.6. The summed E-state index contributed by atoms with van der Waals surface area (Å²) >= 11 is 0. The summed E-state index contributed by atoms with van der Waals surface area (Å²) in [6.45, 7) is 0. The Morgan fingerprint density at radius 1 is 0.293 bits per heavy atom. The number of hydrogen-bond donors (Lipinski definition) is 2. The van der Waals surface area contributed by atoms with E-state index in [1.165, 1.54) is 35.1 Å². The molecule has 10 nitrogen and oxygen atoms in total. The number of H-pyrrole nitrogens is 2. The number of rotatable bonds is 0. The number of ketones is 2. The minimum atomic E-state index is -0.121. The van der Waals surface area contributed by atoms with E-state index in [1.807, 2.05) is 97.1 Å². The molecule has 9 aromatic rings. The number of allylic oxidation sites excluding steroid dienone is 4. The first-order valence-corrected chi connectivity index (χ1v) is 18.6. The first-order chi connectivity index (χ1) is 28.6. The van der Waals surface area contributed by atoms with Gasteiger partial charge >= 0.3 is 0 Å². The van der Waals surface area contributed by atoms with Crippen LogP contribution >= 0.6 is 0 Å². The highest BCUT2D eigenvalue weighted by Crippen LogP contribution is 2.36. The van der Waals surface area contributed by atoms with Gasteiger partial charge in [0.05, 0.1) is 0 Å². The summed E-state index contributed by atoms with van der Waals surface area (Å²) in [7, 11) is 0. The fraction of sp³-hybridized carbons (Fsp3) is 0. The number of carbonyl (C=O) groups excluding carboxylic acids is 2.